The standard InChI is InChI=1S/C14H25N3/c1-3-5-7-9-13-10-12-16-14(17-13)15-11-8-6-4-2/h10,12H,3-9,11H2,1-2H3,(H,15,16,17). The first-order valence-electron chi connectivity index (χ1n) is 6.92. The molecule has 0 saturated heterocycles. The summed E-state index contributed by atoms with van der Waals surface area (Å²) in [5.74, 6) is 0.787. The van der Waals surface area contributed by atoms with Crippen LogP contribution in [0.5, 0.6) is 0 Å². The molecule has 0 radical (unpaired) electrons. The molecule has 0 spiro atoms. The van der Waals surface area contributed by atoms with Crippen molar-refractivity contribution in [3.8, 4) is 0 Å². The van der Waals surface area contributed by atoms with Gasteiger partial charge in [-0.2, -0.15) is 0 Å². The van der Waals surface area contributed by atoms with E-state index in [1.807, 2.05) is 12.3 Å². The Morgan fingerprint density at radius 3 is 2.59 bits per heavy atom. The molecule has 0 amide bonds. The van der Waals surface area contributed by atoms with Gasteiger partial charge in [0.05, 0.1) is 0 Å². The van der Waals surface area contributed by atoms with Crippen LogP contribution in [0.1, 0.15) is 58.1 Å². The van der Waals surface area contributed by atoms with Crippen LogP contribution < -0.4 is 5.32 Å². The van der Waals surface area contributed by atoms with Crippen LogP contribution in [0.25, 0.3) is 0 Å². The number of nitrogens with zero attached hydrogens (tertiary/aromatic N) is 2. The minimum absolute atomic E-state index is 0.787. The van der Waals surface area contributed by atoms with Gasteiger partial charge in [0.15, 0.2) is 0 Å². The van der Waals surface area contributed by atoms with Crippen LogP contribution in [-0.2, 0) is 6.42 Å². The SMILES string of the molecule is CCCCCNc1nccc(CCCCC)n1. The van der Waals surface area contributed by atoms with E-state index in [9.17, 15) is 0 Å². The number of rotatable bonds is 9. The average Bonchev–Trinajstić information content (AvgIpc) is 2.36. The fourth-order valence-electron chi connectivity index (χ4n) is 1.75. The predicted molar refractivity (Wildman–Crippen MR) is 73.3 cm³/mol. The summed E-state index contributed by atoms with van der Waals surface area (Å²) in [7, 11) is 0. The van der Waals surface area contributed by atoms with E-state index in [4.69, 9.17) is 0 Å². The van der Waals surface area contributed by atoms with Crippen LogP contribution in [-0.4, -0.2) is 16.5 Å². The van der Waals surface area contributed by atoms with Gasteiger partial charge in [-0.15, -0.1) is 0 Å². The lowest BCUT2D eigenvalue weighted by molar-refractivity contribution is 0.704. The number of anilines is 1. The quantitative estimate of drug-likeness (QED) is 0.661. The smallest absolute Gasteiger partial charge is 0.222 e. The molecule has 3 heteroatoms. The Labute approximate surface area is 105 Å². The number of unbranched alkanes of at least 4 members (excludes halogenated alkanes) is 4. The monoisotopic (exact) mass is 235 g/mol. The van der Waals surface area contributed by atoms with Crippen molar-refractivity contribution < 1.29 is 0 Å². The van der Waals surface area contributed by atoms with Crippen molar-refractivity contribution in [2.75, 3.05) is 11.9 Å². The van der Waals surface area contributed by atoms with E-state index in [0.29, 0.717) is 0 Å². The van der Waals surface area contributed by atoms with Crippen LogP contribution >= 0.6 is 0 Å². The fourth-order valence-corrected chi connectivity index (χ4v) is 1.75. The molecule has 1 aromatic rings. The first kappa shape index (κ1) is 13.9. The summed E-state index contributed by atoms with van der Waals surface area (Å²) < 4.78 is 0. The minimum atomic E-state index is 0.787. The van der Waals surface area contributed by atoms with Crippen molar-refractivity contribution in [1.29, 1.82) is 0 Å². The summed E-state index contributed by atoms with van der Waals surface area (Å²) >= 11 is 0. The molecule has 0 aliphatic heterocycles. The number of aromatic nitrogens is 2. The first-order chi connectivity index (χ1) is 8.36. The highest BCUT2D eigenvalue weighted by Crippen LogP contribution is 2.06. The van der Waals surface area contributed by atoms with Gasteiger partial charge in [0.2, 0.25) is 5.95 Å². The lowest BCUT2D eigenvalue weighted by atomic mass is 10.1. The molecule has 0 aliphatic carbocycles. The molecule has 96 valence electrons. The summed E-state index contributed by atoms with van der Waals surface area (Å²) in [5.41, 5.74) is 1.16. The maximum Gasteiger partial charge on any atom is 0.222 e. The molecule has 3 nitrogen and oxygen atoms in total. The molecule has 1 heterocycles. The molecule has 0 bridgehead atoms. The molecule has 17 heavy (non-hydrogen) atoms. The van der Waals surface area contributed by atoms with Gasteiger partial charge in [-0.3, -0.25) is 0 Å². The Kier molecular flexibility index (Phi) is 7.35. The fraction of sp³-hybridized carbons (Fsp3) is 0.714. The van der Waals surface area contributed by atoms with Crippen LogP contribution in [0.15, 0.2) is 12.3 Å². The molecule has 0 saturated carbocycles. The highest BCUT2D eigenvalue weighted by Gasteiger charge is 1.98. The lowest BCUT2D eigenvalue weighted by Gasteiger charge is -2.05. The van der Waals surface area contributed by atoms with Gasteiger partial charge < -0.3 is 5.32 Å². The third kappa shape index (κ3) is 6.25. The molecule has 0 aliphatic rings. The Hall–Kier alpha value is -1.12. The molecule has 0 atom stereocenters. The largest absolute Gasteiger partial charge is 0.354 e. The van der Waals surface area contributed by atoms with Crippen LogP contribution in [0.4, 0.5) is 5.95 Å². The summed E-state index contributed by atoms with van der Waals surface area (Å²) in [6, 6.07) is 2.02. The van der Waals surface area contributed by atoms with Gasteiger partial charge >= 0.3 is 0 Å². The molecular weight excluding hydrogens is 210 g/mol. The van der Waals surface area contributed by atoms with Gasteiger partial charge in [0.1, 0.15) is 0 Å². The summed E-state index contributed by atoms with van der Waals surface area (Å²) in [6.07, 6.45) is 10.4. The highest BCUT2D eigenvalue weighted by atomic mass is 15.1. The van der Waals surface area contributed by atoms with Crippen LogP contribution in [0.3, 0.4) is 0 Å². The maximum atomic E-state index is 4.52. The molecule has 0 fully saturated rings. The van der Waals surface area contributed by atoms with E-state index in [-0.39, 0.29) is 0 Å². The average molecular weight is 235 g/mol. The van der Waals surface area contributed by atoms with E-state index in [0.717, 1.165) is 24.6 Å². The Balaban J connectivity index is 2.31. The van der Waals surface area contributed by atoms with E-state index < -0.39 is 0 Å². The molecule has 1 N–H and O–H groups in total. The number of nitrogens with one attached hydrogen (secondary N) is 1. The number of hydrogen-bond donors (Lipinski definition) is 1. The zero-order valence-electron chi connectivity index (χ0n) is 11.2. The minimum Gasteiger partial charge on any atom is -0.354 e. The third-order valence-corrected chi connectivity index (χ3v) is 2.81. The second-order valence-electron chi connectivity index (χ2n) is 4.46. The Morgan fingerprint density at radius 1 is 1.06 bits per heavy atom. The van der Waals surface area contributed by atoms with Crippen molar-refractivity contribution >= 4 is 5.95 Å². The summed E-state index contributed by atoms with van der Waals surface area (Å²) in [6.45, 7) is 5.41. The molecule has 0 aromatic carbocycles. The second-order valence-corrected chi connectivity index (χ2v) is 4.46. The topological polar surface area (TPSA) is 37.8 Å². The Bertz CT molecular complexity index is 299. The van der Waals surface area contributed by atoms with Crippen molar-refractivity contribution in [1.82, 2.24) is 9.97 Å². The maximum absolute atomic E-state index is 4.52. The van der Waals surface area contributed by atoms with Gasteiger partial charge in [-0.1, -0.05) is 39.5 Å². The highest BCUT2D eigenvalue weighted by molar-refractivity contribution is 5.24. The summed E-state index contributed by atoms with van der Waals surface area (Å²) in [4.78, 5) is 8.76. The van der Waals surface area contributed by atoms with Gasteiger partial charge in [0.25, 0.3) is 0 Å². The second kappa shape index (κ2) is 8.97. The van der Waals surface area contributed by atoms with Crippen molar-refractivity contribution in [2.24, 2.45) is 0 Å². The number of hydrogen-bond acceptors (Lipinski definition) is 3. The van der Waals surface area contributed by atoms with Crippen molar-refractivity contribution in [2.45, 2.75) is 58.8 Å². The van der Waals surface area contributed by atoms with E-state index in [2.05, 4.69) is 29.1 Å². The van der Waals surface area contributed by atoms with Gasteiger partial charge in [0, 0.05) is 18.4 Å². The van der Waals surface area contributed by atoms with E-state index in [1.165, 1.54) is 38.5 Å². The predicted octanol–water partition coefficient (Wildman–Crippen LogP) is 3.81. The van der Waals surface area contributed by atoms with Crippen molar-refractivity contribution in [3.63, 3.8) is 0 Å². The molecule has 1 rings (SSSR count). The first-order valence-corrected chi connectivity index (χ1v) is 6.92. The third-order valence-electron chi connectivity index (χ3n) is 2.81. The van der Waals surface area contributed by atoms with E-state index >= 15 is 0 Å². The number of aryl methyl sites for hydroxylation is 1. The molecule has 0 unspecified atom stereocenters. The normalized spacial score (nSPS) is 10.5. The lowest BCUT2D eigenvalue weighted by Crippen LogP contribution is -2.06. The van der Waals surface area contributed by atoms with E-state index in [1.54, 1.807) is 0 Å². The van der Waals surface area contributed by atoms with Gasteiger partial charge in [-0.25, -0.2) is 9.97 Å². The van der Waals surface area contributed by atoms with Crippen LogP contribution in [0, 0.1) is 0 Å². The Morgan fingerprint density at radius 2 is 1.82 bits per heavy atom. The van der Waals surface area contributed by atoms with Gasteiger partial charge in [-0.05, 0) is 25.3 Å². The molecule has 1 aromatic heterocycles. The van der Waals surface area contributed by atoms with Crippen molar-refractivity contribution in [3.05, 3.63) is 18.0 Å². The molecular formula is C14H25N3. The summed E-state index contributed by atoms with van der Waals surface area (Å²) in [5, 5.41) is 3.29. The zero-order chi connectivity index (χ0) is 12.3. The van der Waals surface area contributed by atoms with Crippen LogP contribution in [0.2, 0.25) is 0 Å². The zero-order valence-corrected chi connectivity index (χ0v) is 11.2.